The first-order valence-corrected chi connectivity index (χ1v) is 5.99. The molecule has 1 aromatic rings. The van der Waals surface area contributed by atoms with E-state index < -0.39 is 0 Å². The molecule has 1 unspecified atom stereocenters. The van der Waals surface area contributed by atoms with Crippen molar-refractivity contribution in [3.05, 3.63) is 12.7 Å². The van der Waals surface area contributed by atoms with Gasteiger partial charge in [-0.2, -0.15) is 5.10 Å². The van der Waals surface area contributed by atoms with Gasteiger partial charge in [-0.3, -0.25) is 4.79 Å². The van der Waals surface area contributed by atoms with Crippen molar-refractivity contribution in [1.82, 2.24) is 20.1 Å². The molecule has 1 aliphatic carbocycles. The van der Waals surface area contributed by atoms with Crippen LogP contribution in [0.4, 0.5) is 0 Å². The lowest BCUT2D eigenvalue weighted by molar-refractivity contribution is -0.125. The SMILES string of the molecule is CC(C(=O)NC1CCC(O)CC1)n1cncn1. The van der Waals surface area contributed by atoms with E-state index in [-0.39, 0.29) is 24.1 Å². The van der Waals surface area contributed by atoms with Gasteiger partial charge in [0.1, 0.15) is 18.7 Å². The summed E-state index contributed by atoms with van der Waals surface area (Å²) in [7, 11) is 0. The van der Waals surface area contributed by atoms with Gasteiger partial charge in [0.25, 0.3) is 0 Å². The lowest BCUT2D eigenvalue weighted by Crippen LogP contribution is -2.41. The molecule has 17 heavy (non-hydrogen) atoms. The number of hydrogen-bond donors (Lipinski definition) is 2. The van der Waals surface area contributed by atoms with Crippen molar-refractivity contribution in [3.63, 3.8) is 0 Å². The Hall–Kier alpha value is -1.43. The molecule has 0 saturated heterocycles. The molecule has 6 heteroatoms. The predicted molar refractivity (Wildman–Crippen MR) is 61.1 cm³/mol. The Balaban J connectivity index is 1.85. The number of aliphatic hydroxyl groups excluding tert-OH is 1. The van der Waals surface area contributed by atoms with E-state index in [1.165, 1.54) is 17.3 Å². The van der Waals surface area contributed by atoms with E-state index in [2.05, 4.69) is 15.4 Å². The van der Waals surface area contributed by atoms with Gasteiger partial charge in [-0.15, -0.1) is 0 Å². The highest BCUT2D eigenvalue weighted by atomic mass is 16.3. The van der Waals surface area contributed by atoms with Gasteiger partial charge in [-0.1, -0.05) is 0 Å². The van der Waals surface area contributed by atoms with E-state index >= 15 is 0 Å². The highest BCUT2D eigenvalue weighted by molar-refractivity contribution is 5.80. The summed E-state index contributed by atoms with van der Waals surface area (Å²) in [5.74, 6) is -0.0445. The molecule has 6 nitrogen and oxygen atoms in total. The fourth-order valence-electron chi connectivity index (χ4n) is 2.08. The molecule has 1 aromatic heterocycles. The largest absolute Gasteiger partial charge is 0.393 e. The highest BCUT2D eigenvalue weighted by Crippen LogP contribution is 2.18. The van der Waals surface area contributed by atoms with E-state index in [4.69, 9.17) is 0 Å². The van der Waals surface area contributed by atoms with Crippen LogP contribution in [0.25, 0.3) is 0 Å². The Labute approximate surface area is 100 Å². The highest BCUT2D eigenvalue weighted by Gasteiger charge is 2.23. The smallest absolute Gasteiger partial charge is 0.244 e. The molecular weight excluding hydrogens is 220 g/mol. The molecule has 0 aromatic carbocycles. The van der Waals surface area contributed by atoms with Gasteiger partial charge < -0.3 is 10.4 Å². The topological polar surface area (TPSA) is 80.0 Å². The summed E-state index contributed by atoms with van der Waals surface area (Å²) in [4.78, 5) is 15.8. The van der Waals surface area contributed by atoms with Crippen molar-refractivity contribution in [2.24, 2.45) is 0 Å². The fourth-order valence-corrected chi connectivity index (χ4v) is 2.08. The van der Waals surface area contributed by atoms with Crippen LogP contribution < -0.4 is 5.32 Å². The van der Waals surface area contributed by atoms with Crippen molar-refractivity contribution in [3.8, 4) is 0 Å². The van der Waals surface area contributed by atoms with Crippen molar-refractivity contribution < 1.29 is 9.90 Å². The summed E-state index contributed by atoms with van der Waals surface area (Å²) < 4.78 is 1.53. The molecule has 1 atom stereocenters. The van der Waals surface area contributed by atoms with Crippen LogP contribution in [0.3, 0.4) is 0 Å². The van der Waals surface area contributed by atoms with Gasteiger partial charge in [-0.05, 0) is 32.6 Å². The van der Waals surface area contributed by atoms with Crippen molar-refractivity contribution in [2.45, 2.75) is 50.8 Å². The summed E-state index contributed by atoms with van der Waals surface area (Å²) in [6, 6.07) is -0.166. The number of nitrogens with one attached hydrogen (secondary N) is 1. The lowest BCUT2D eigenvalue weighted by Gasteiger charge is -2.27. The van der Waals surface area contributed by atoms with E-state index in [1.807, 2.05) is 0 Å². The van der Waals surface area contributed by atoms with Gasteiger partial charge in [0, 0.05) is 6.04 Å². The third-order valence-corrected chi connectivity index (χ3v) is 3.26. The van der Waals surface area contributed by atoms with Gasteiger partial charge >= 0.3 is 0 Å². The maximum atomic E-state index is 11.9. The van der Waals surface area contributed by atoms with Crippen molar-refractivity contribution in [2.75, 3.05) is 0 Å². The molecule has 2 rings (SSSR count). The second kappa shape index (κ2) is 5.27. The van der Waals surface area contributed by atoms with E-state index in [0.29, 0.717) is 0 Å². The molecule has 1 aliphatic rings. The predicted octanol–water partition coefficient (Wildman–Crippen LogP) is 0.259. The zero-order valence-electron chi connectivity index (χ0n) is 9.91. The van der Waals surface area contributed by atoms with Crippen LogP contribution in [0.5, 0.6) is 0 Å². The lowest BCUT2D eigenvalue weighted by atomic mass is 9.93. The number of carbonyl (C=O) groups is 1. The maximum Gasteiger partial charge on any atom is 0.244 e. The Kier molecular flexibility index (Phi) is 3.73. The number of hydrogen-bond acceptors (Lipinski definition) is 4. The number of carbonyl (C=O) groups excluding carboxylic acids is 1. The zero-order valence-corrected chi connectivity index (χ0v) is 9.91. The second-order valence-electron chi connectivity index (χ2n) is 4.57. The van der Waals surface area contributed by atoms with Gasteiger partial charge in [0.15, 0.2) is 0 Å². The molecule has 1 saturated carbocycles. The van der Waals surface area contributed by atoms with Crippen LogP contribution in [0, 0.1) is 0 Å². The molecule has 94 valence electrons. The molecule has 1 fully saturated rings. The quantitative estimate of drug-likeness (QED) is 0.791. The number of rotatable bonds is 3. The number of nitrogens with zero attached hydrogens (tertiary/aromatic N) is 3. The van der Waals surface area contributed by atoms with Crippen LogP contribution in [0.2, 0.25) is 0 Å². The average Bonchev–Trinajstić information content (AvgIpc) is 2.84. The second-order valence-corrected chi connectivity index (χ2v) is 4.57. The first-order valence-electron chi connectivity index (χ1n) is 5.99. The molecule has 0 radical (unpaired) electrons. The molecule has 2 N–H and O–H groups in total. The Bertz CT molecular complexity index is 358. The van der Waals surface area contributed by atoms with Crippen LogP contribution in [-0.2, 0) is 4.79 Å². The van der Waals surface area contributed by atoms with E-state index in [9.17, 15) is 9.90 Å². The summed E-state index contributed by atoms with van der Waals surface area (Å²) in [5.41, 5.74) is 0. The van der Waals surface area contributed by atoms with E-state index in [0.717, 1.165) is 25.7 Å². The minimum atomic E-state index is -0.343. The molecule has 0 spiro atoms. The Morgan fingerprint density at radius 1 is 1.47 bits per heavy atom. The first-order chi connectivity index (χ1) is 8.16. The minimum absolute atomic E-state index is 0.0445. The first kappa shape index (κ1) is 12.0. The molecule has 1 heterocycles. The number of amides is 1. The molecule has 0 bridgehead atoms. The summed E-state index contributed by atoms with van der Waals surface area (Å²) in [6.07, 6.45) is 5.98. The third-order valence-electron chi connectivity index (χ3n) is 3.26. The summed E-state index contributed by atoms with van der Waals surface area (Å²) in [6.45, 7) is 1.79. The van der Waals surface area contributed by atoms with Crippen molar-refractivity contribution >= 4 is 5.91 Å². The van der Waals surface area contributed by atoms with E-state index in [1.54, 1.807) is 6.92 Å². The Morgan fingerprint density at radius 3 is 2.76 bits per heavy atom. The van der Waals surface area contributed by atoms with Gasteiger partial charge in [0.2, 0.25) is 5.91 Å². The monoisotopic (exact) mass is 238 g/mol. The van der Waals surface area contributed by atoms with Gasteiger partial charge in [0.05, 0.1) is 6.10 Å². The Morgan fingerprint density at radius 2 is 2.18 bits per heavy atom. The fraction of sp³-hybridized carbons (Fsp3) is 0.727. The van der Waals surface area contributed by atoms with Gasteiger partial charge in [-0.25, -0.2) is 9.67 Å². The van der Waals surface area contributed by atoms with Crippen LogP contribution in [0.15, 0.2) is 12.7 Å². The standard InChI is InChI=1S/C11H18N4O2/c1-8(15-7-12-6-13-15)11(17)14-9-2-4-10(16)5-3-9/h6-10,16H,2-5H2,1H3,(H,14,17). The number of aromatic nitrogens is 3. The van der Waals surface area contributed by atoms with Crippen LogP contribution >= 0.6 is 0 Å². The van der Waals surface area contributed by atoms with Crippen LogP contribution in [0.1, 0.15) is 38.6 Å². The number of aliphatic hydroxyl groups is 1. The minimum Gasteiger partial charge on any atom is -0.393 e. The maximum absolute atomic E-state index is 11.9. The summed E-state index contributed by atoms with van der Waals surface area (Å²) >= 11 is 0. The molecule has 0 aliphatic heterocycles. The average molecular weight is 238 g/mol. The third kappa shape index (κ3) is 3.03. The normalized spacial score (nSPS) is 26.5. The zero-order chi connectivity index (χ0) is 12.3. The molecular formula is C11H18N4O2. The summed E-state index contributed by atoms with van der Waals surface area (Å²) in [5, 5.41) is 16.3. The molecule has 1 amide bonds. The van der Waals surface area contributed by atoms with Crippen molar-refractivity contribution in [1.29, 1.82) is 0 Å². The van der Waals surface area contributed by atoms with Crippen LogP contribution in [-0.4, -0.2) is 37.9 Å².